The standard InChI is InChI=1S/C10H14O2/c11-10(12)8-4-7-9-5-2-1-3-6-9/h1-3,5-6,10-12H,4,7-8H2. The second-order valence-electron chi connectivity index (χ2n) is 2.86. The molecule has 0 unspecified atom stereocenters. The first kappa shape index (κ1) is 9.23. The van der Waals surface area contributed by atoms with Crippen LogP contribution in [-0.4, -0.2) is 16.5 Å². The van der Waals surface area contributed by atoms with E-state index < -0.39 is 6.29 Å². The molecule has 66 valence electrons. The van der Waals surface area contributed by atoms with Crippen LogP contribution in [0.15, 0.2) is 30.3 Å². The second kappa shape index (κ2) is 4.91. The lowest BCUT2D eigenvalue weighted by molar-refractivity contribution is -0.0461. The van der Waals surface area contributed by atoms with Crippen molar-refractivity contribution in [1.29, 1.82) is 0 Å². The third-order valence-electron chi connectivity index (χ3n) is 1.77. The van der Waals surface area contributed by atoms with Gasteiger partial charge in [-0.2, -0.15) is 0 Å². The van der Waals surface area contributed by atoms with Crippen molar-refractivity contribution in [2.45, 2.75) is 25.6 Å². The normalized spacial score (nSPS) is 10.6. The minimum atomic E-state index is -1.16. The van der Waals surface area contributed by atoms with Gasteiger partial charge < -0.3 is 10.2 Å². The Kier molecular flexibility index (Phi) is 3.77. The zero-order chi connectivity index (χ0) is 8.81. The highest BCUT2D eigenvalue weighted by atomic mass is 16.5. The van der Waals surface area contributed by atoms with Crippen molar-refractivity contribution in [1.82, 2.24) is 0 Å². The van der Waals surface area contributed by atoms with E-state index in [0.29, 0.717) is 6.42 Å². The molecule has 0 radical (unpaired) electrons. The molecule has 0 spiro atoms. The second-order valence-corrected chi connectivity index (χ2v) is 2.86. The fourth-order valence-electron chi connectivity index (χ4n) is 1.13. The highest BCUT2D eigenvalue weighted by Crippen LogP contribution is 2.05. The molecule has 0 fully saturated rings. The molecule has 1 aromatic carbocycles. The molecule has 12 heavy (non-hydrogen) atoms. The summed E-state index contributed by atoms with van der Waals surface area (Å²) in [6.07, 6.45) is 1.03. The van der Waals surface area contributed by atoms with E-state index in [1.807, 2.05) is 30.3 Å². The van der Waals surface area contributed by atoms with Gasteiger partial charge >= 0.3 is 0 Å². The number of hydrogen-bond donors (Lipinski definition) is 2. The maximum atomic E-state index is 8.59. The molecule has 0 heterocycles. The van der Waals surface area contributed by atoms with Gasteiger partial charge in [0.2, 0.25) is 0 Å². The van der Waals surface area contributed by atoms with E-state index in [9.17, 15) is 0 Å². The Morgan fingerprint density at radius 3 is 2.33 bits per heavy atom. The van der Waals surface area contributed by atoms with Crippen molar-refractivity contribution in [2.24, 2.45) is 0 Å². The predicted molar refractivity (Wildman–Crippen MR) is 47.6 cm³/mol. The monoisotopic (exact) mass is 166 g/mol. The first-order valence-electron chi connectivity index (χ1n) is 4.19. The van der Waals surface area contributed by atoms with Crippen LogP contribution in [0.25, 0.3) is 0 Å². The Hall–Kier alpha value is -0.860. The molecule has 1 aromatic rings. The topological polar surface area (TPSA) is 40.5 Å². The average Bonchev–Trinajstić information content (AvgIpc) is 2.05. The van der Waals surface area contributed by atoms with Crippen molar-refractivity contribution >= 4 is 0 Å². The highest BCUT2D eigenvalue weighted by Gasteiger charge is 1.97. The zero-order valence-corrected chi connectivity index (χ0v) is 6.98. The van der Waals surface area contributed by atoms with Gasteiger partial charge in [-0.3, -0.25) is 0 Å². The van der Waals surface area contributed by atoms with Gasteiger partial charge in [0.15, 0.2) is 6.29 Å². The Morgan fingerprint density at radius 2 is 1.75 bits per heavy atom. The summed E-state index contributed by atoms with van der Waals surface area (Å²) in [4.78, 5) is 0. The van der Waals surface area contributed by atoms with Gasteiger partial charge in [-0.15, -0.1) is 0 Å². The van der Waals surface area contributed by atoms with Gasteiger partial charge in [0.25, 0.3) is 0 Å². The minimum Gasteiger partial charge on any atom is -0.368 e. The first-order chi connectivity index (χ1) is 5.79. The van der Waals surface area contributed by atoms with Crippen molar-refractivity contribution in [3.8, 4) is 0 Å². The zero-order valence-electron chi connectivity index (χ0n) is 6.98. The number of hydrogen-bond acceptors (Lipinski definition) is 2. The quantitative estimate of drug-likeness (QED) is 0.662. The molecular weight excluding hydrogens is 152 g/mol. The van der Waals surface area contributed by atoms with E-state index in [2.05, 4.69) is 0 Å². The maximum absolute atomic E-state index is 8.59. The summed E-state index contributed by atoms with van der Waals surface area (Å²) >= 11 is 0. The molecule has 0 aliphatic rings. The fourth-order valence-corrected chi connectivity index (χ4v) is 1.13. The van der Waals surface area contributed by atoms with Crippen molar-refractivity contribution in [3.63, 3.8) is 0 Å². The smallest absolute Gasteiger partial charge is 0.151 e. The van der Waals surface area contributed by atoms with Crippen LogP contribution in [0.4, 0.5) is 0 Å². The lowest BCUT2D eigenvalue weighted by Crippen LogP contribution is -2.03. The van der Waals surface area contributed by atoms with E-state index >= 15 is 0 Å². The SMILES string of the molecule is OC(O)CCCc1ccccc1. The third-order valence-corrected chi connectivity index (χ3v) is 1.77. The average molecular weight is 166 g/mol. The van der Waals surface area contributed by atoms with Gasteiger partial charge in [0, 0.05) is 0 Å². The van der Waals surface area contributed by atoms with E-state index in [0.717, 1.165) is 12.8 Å². The van der Waals surface area contributed by atoms with Gasteiger partial charge in [0.05, 0.1) is 0 Å². The van der Waals surface area contributed by atoms with E-state index in [1.54, 1.807) is 0 Å². The Labute approximate surface area is 72.5 Å². The number of aryl methyl sites for hydroxylation is 1. The molecule has 0 amide bonds. The molecule has 0 aliphatic heterocycles. The van der Waals surface area contributed by atoms with Gasteiger partial charge in [-0.25, -0.2) is 0 Å². The van der Waals surface area contributed by atoms with Crippen molar-refractivity contribution in [2.75, 3.05) is 0 Å². The van der Waals surface area contributed by atoms with Gasteiger partial charge in [-0.1, -0.05) is 30.3 Å². The molecule has 0 aromatic heterocycles. The summed E-state index contributed by atoms with van der Waals surface area (Å²) in [7, 11) is 0. The minimum absolute atomic E-state index is 0.453. The molecule has 0 saturated heterocycles. The highest BCUT2D eigenvalue weighted by molar-refractivity contribution is 5.14. The third kappa shape index (κ3) is 3.51. The lowest BCUT2D eigenvalue weighted by atomic mass is 10.1. The predicted octanol–water partition coefficient (Wildman–Crippen LogP) is 1.32. The Morgan fingerprint density at radius 1 is 1.08 bits per heavy atom. The van der Waals surface area contributed by atoms with Crippen LogP contribution in [0.3, 0.4) is 0 Å². The molecule has 1 rings (SSSR count). The van der Waals surface area contributed by atoms with Crippen LogP contribution in [-0.2, 0) is 6.42 Å². The van der Waals surface area contributed by atoms with E-state index in [4.69, 9.17) is 10.2 Å². The number of benzene rings is 1. The molecule has 2 N–H and O–H groups in total. The summed E-state index contributed by atoms with van der Waals surface area (Å²) in [5, 5.41) is 17.2. The summed E-state index contributed by atoms with van der Waals surface area (Å²) in [6.45, 7) is 0. The largest absolute Gasteiger partial charge is 0.368 e. The number of rotatable bonds is 4. The summed E-state index contributed by atoms with van der Waals surface area (Å²) in [5.41, 5.74) is 1.25. The van der Waals surface area contributed by atoms with Gasteiger partial charge in [-0.05, 0) is 24.8 Å². The summed E-state index contributed by atoms with van der Waals surface area (Å²) in [5.74, 6) is 0. The molecule has 0 atom stereocenters. The van der Waals surface area contributed by atoms with Crippen LogP contribution in [0.5, 0.6) is 0 Å². The summed E-state index contributed by atoms with van der Waals surface area (Å²) < 4.78 is 0. The molecular formula is C10H14O2. The summed E-state index contributed by atoms with van der Waals surface area (Å²) in [6, 6.07) is 10.0. The number of aliphatic hydroxyl groups is 2. The van der Waals surface area contributed by atoms with Gasteiger partial charge in [0.1, 0.15) is 0 Å². The molecule has 2 nitrogen and oxygen atoms in total. The van der Waals surface area contributed by atoms with Crippen LogP contribution < -0.4 is 0 Å². The fraction of sp³-hybridized carbons (Fsp3) is 0.400. The Balaban J connectivity index is 2.25. The first-order valence-corrected chi connectivity index (χ1v) is 4.19. The van der Waals surface area contributed by atoms with Crippen LogP contribution in [0, 0.1) is 0 Å². The lowest BCUT2D eigenvalue weighted by Gasteiger charge is -2.02. The molecule has 0 bridgehead atoms. The van der Waals surface area contributed by atoms with Crippen molar-refractivity contribution < 1.29 is 10.2 Å². The van der Waals surface area contributed by atoms with E-state index in [1.165, 1.54) is 5.56 Å². The van der Waals surface area contributed by atoms with Crippen molar-refractivity contribution in [3.05, 3.63) is 35.9 Å². The van der Waals surface area contributed by atoms with Crippen LogP contribution >= 0.6 is 0 Å². The van der Waals surface area contributed by atoms with E-state index in [-0.39, 0.29) is 0 Å². The molecule has 2 heteroatoms. The van der Waals surface area contributed by atoms with Crippen LogP contribution in [0.2, 0.25) is 0 Å². The maximum Gasteiger partial charge on any atom is 0.151 e. The Bertz CT molecular complexity index is 206. The molecule has 0 saturated carbocycles. The van der Waals surface area contributed by atoms with Crippen LogP contribution in [0.1, 0.15) is 18.4 Å². The number of aliphatic hydroxyl groups excluding tert-OH is 1. The molecule has 0 aliphatic carbocycles.